The minimum atomic E-state index is 0.634. The molecule has 0 aliphatic carbocycles. The van der Waals surface area contributed by atoms with Crippen molar-refractivity contribution in [3.8, 4) is 6.07 Å². The number of hydrogen-bond acceptors (Lipinski definition) is 3. The second-order valence-corrected chi connectivity index (χ2v) is 5.09. The van der Waals surface area contributed by atoms with Crippen molar-refractivity contribution in [2.75, 3.05) is 18.0 Å². The average Bonchev–Trinajstić information content (AvgIpc) is 2.46. The summed E-state index contributed by atoms with van der Waals surface area (Å²) in [6.07, 6.45) is 5.46. The van der Waals surface area contributed by atoms with Crippen molar-refractivity contribution < 1.29 is 0 Å². The van der Waals surface area contributed by atoms with Gasteiger partial charge < -0.3 is 4.90 Å². The Morgan fingerprint density at radius 1 is 1.33 bits per heavy atom. The van der Waals surface area contributed by atoms with Gasteiger partial charge in [0.05, 0.1) is 5.56 Å². The summed E-state index contributed by atoms with van der Waals surface area (Å²) < 4.78 is 0. The summed E-state index contributed by atoms with van der Waals surface area (Å²) in [6.45, 7) is 6.77. The highest BCUT2D eigenvalue weighted by atomic mass is 15.2. The number of piperidine rings is 1. The SMILES string of the molecule is CCC1CCN(c2ccc(C#N)cn2)CC1CC. The lowest BCUT2D eigenvalue weighted by Gasteiger charge is -2.38. The second kappa shape index (κ2) is 5.86. The summed E-state index contributed by atoms with van der Waals surface area (Å²) in [5.74, 6) is 2.66. The first kappa shape index (κ1) is 12.9. The molecular weight excluding hydrogens is 222 g/mol. The molecule has 2 atom stereocenters. The van der Waals surface area contributed by atoms with Gasteiger partial charge >= 0.3 is 0 Å². The van der Waals surface area contributed by atoms with Gasteiger partial charge in [-0.15, -0.1) is 0 Å². The summed E-state index contributed by atoms with van der Waals surface area (Å²) in [6, 6.07) is 5.94. The van der Waals surface area contributed by atoms with Gasteiger partial charge in [-0.05, 0) is 30.4 Å². The van der Waals surface area contributed by atoms with E-state index in [1.807, 2.05) is 12.1 Å². The van der Waals surface area contributed by atoms with E-state index in [4.69, 9.17) is 5.26 Å². The first-order valence-corrected chi connectivity index (χ1v) is 6.89. The van der Waals surface area contributed by atoms with E-state index in [1.54, 1.807) is 6.20 Å². The van der Waals surface area contributed by atoms with E-state index >= 15 is 0 Å². The van der Waals surface area contributed by atoms with Crippen LogP contribution in [0.25, 0.3) is 0 Å². The Balaban J connectivity index is 2.08. The maximum atomic E-state index is 8.78. The zero-order valence-electron chi connectivity index (χ0n) is 11.3. The summed E-state index contributed by atoms with van der Waals surface area (Å²) in [5.41, 5.74) is 0.634. The predicted octanol–water partition coefficient (Wildman–Crippen LogP) is 3.22. The lowest BCUT2D eigenvalue weighted by molar-refractivity contribution is 0.263. The molecule has 0 radical (unpaired) electrons. The molecule has 1 fully saturated rings. The van der Waals surface area contributed by atoms with Crippen LogP contribution in [0.2, 0.25) is 0 Å². The van der Waals surface area contributed by atoms with Crippen LogP contribution in [0, 0.1) is 23.2 Å². The van der Waals surface area contributed by atoms with Crippen molar-refractivity contribution in [1.82, 2.24) is 4.98 Å². The van der Waals surface area contributed by atoms with E-state index in [1.165, 1.54) is 19.3 Å². The van der Waals surface area contributed by atoms with E-state index in [9.17, 15) is 0 Å². The number of aromatic nitrogens is 1. The molecule has 1 saturated heterocycles. The van der Waals surface area contributed by atoms with Crippen LogP contribution in [0.3, 0.4) is 0 Å². The largest absolute Gasteiger partial charge is 0.356 e. The van der Waals surface area contributed by atoms with Crippen LogP contribution < -0.4 is 4.90 Å². The zero-order valence-corrected chi connectivity index (χ0v) is 11.3. The molecule has 18 heavy (non-hydrogen) atoms. The average molecular weight is 243 g/mol. The topological polar surface area (TPSA) is 39.9 Å². The van der Waals surface area contributed by atoms with Crippen molar-refractivity contribution >= 4 is 5.82 Å². The van der Waals surface area contributed by atoms with Crippen molar-refractivity contribution in [1.29, 1.82) is 5.26 Å². The molecule has 96 valence electrons. The summed E-state index contributed by atoms with van der Waals surface area (Å²) in [5, 5.41) is 8.78. The van der Waals surface area contributed by atoms with Gasteiger partial charge in [-0.3, -0.25) is 0 Å². The summed E-state index contributed by atoms with van der Waals surface area (Å²) in [7, 11) is 0. The number of nitrogens with zero attached hydrogens (tertiary/aromatic N) is 3. The summed E-state index contributed by atoms with van der Waals surface area (Å²) >= 11 is 0. The molecule has 2 rings (SSSR count). The lowest BCUT2D eigenvalue weighted by atomic mass is 9.82. The molecule has 0 bridgehead atoms. The van der Waals surface area contributed by atoms with E-state index in [0.29, 0.717) is 5.56 Å². The maximum Gasteiger partial charge on any atom is 0.128 e. The molecule has 0 spiro atoms. The Morgan fingerprint density at radius 2 is 2.11 bits per heavy atom. The molecule has 1 aromatic heterocycles. The molecule has 3 heteroatoms. The third-order valence-corrected chi connectivity index (χ3v) is 4.14. The van der Waals surface area contributed by atoms with Crippen molar-refractivity contribution in [3.63, 3.8) is 0 Å². The quantitative estimate of drug-likeness (QED) is 0.818. The van der Waals surface area contributed by atoms with E-state index in [0.717, 1.165) is 30.7 Å². The fourth-order valence-electron chi connectivity index (χ4n) is 2.93. The van der Waals surface area contributed by atoms with Crippen molar-refractivity contribution in [2.24, 2.45) is 11.8 Å². The van der Waals surface area contributed by atoms with E-state index in [2.05, 4.69) is 29.8 Å². The van der Waals surface area contributed by atoms with Crippen LogP contribution in [0.4, 0.5) is 5.82 Å². The molecule has 0 saturated carbocycles. The van der Waals surface area contributed by atoms with Crippen LogP contribution in [-0.2, 0) is 0 Å². The van der Waals surface area contributed by atoms with Crippen LogP contribution >= 0.6 is 0 Å². The number of rotatable bonds is 3. The maximum absolute atomic E-state index is 8.78. The molecule has 1 aliphatic heterocycles. The Morgan fingerprint density at radius 3 is 2.67 bits per heavy atom. The number of nitriles is 1. The van der Waals surface area contributed by atoms with E-state index < -0.39 is 0 Å². The van der Waals surface area contributed by atoms with Gasteiger partial charge in [0, 0.05) is 19.3 Å². The van der Waals surface area contributed by atoms with Gasteiger partial charge in [-0.25, -0.2) is 4.98 Å². The Kier molecular flexibility index (Phi) is 4.19. The third kappa shape index (κ3) is 2.64. The minimum Gasteiger partial charge on any atom is -0.356 e. The smallest absolute Gasteiger partial charge is 0.128 e. The number of hydrogen-bond donors (Lipinski definition) is 0. The molecule has 2 heterocycles. The number of pyridine rings is 1. The molecule has 0 amide bonds. The highest BCUT2D eigenvalue weighted by Crippen LogP contribution is 2.30. The van der Waals surface area contributed by atoms with Crippen molar-refractivity contribution in [2.45, 2.75) is 33.1 Å². The van der Waals surface area contributed by atoms with Gasteiger partial charge in [0.2, 0.25) is 0 Å². The van der Waals surface area contributed by atoms with Crippen LogP contribution in [0.5, 0.6) is 0 Å². The molecule has 2 unspecified atom stereocenters. The van der Waals surface area contributed by atoms with Gasteiger partial charge in [-0.2, -0.15) is 5.26 Å². The lowest BCUT2D eigenvalue weighted by Crippen LogP contribution is -2.40. The molecule has 1 aliphatic rings. The fourth-order valence-corrected chi connectivity index (χ4v) is 2.93. The van der Waals surface area contributed by atoms with E-state index in [-0.39, 0.29) is 0 Å². The highest BCUT2D eigenvalue weighted by Gasteiger charge is 2.27. The molecule has 3 nitrogen and oxygen atoms in total. The summed E-state index contributed by atoms with van der Waals surface area (Å²) in [4.78, 5) is 6.76. The zero-order chi connectivity index (χ0) is 13.0. The monoisotopic (exact) mass is 243 g/mol. The Labute approximate surface area is 109 Å². The molecule has 1 aromatic rings. The van der Waals surface area contributed by atoms with Gasteiger partial charge in [0.1, 0.15) is 11.9 Å². The first-order chi connectivity index (χ1) is 8.78. The van der Waals surface area contributed by atoms with Crippen LogP contribution in [0.15, 0.2) is 18.3 Å². The van der Waals surface area contributed by atoms with Gasteiger partial charge in [0.15, 0.2) is 0 Å². The minimum absolute atomic E-state index is 0.634. The first-order valence-electron chi connectivity index (χ1n) is 6.89. The normalized spacial score (nSPS) is 23.7. The highest BCUT2D eigenvalue weighted by molar-refractivity contribution is 5.42. The Hall–Kier alpha value is -1.56. The van der Waals surface area contributed by atoms with Gasteiger partial charge in [-0.1, -0.05) is 26.7 Å². The van der Waals surface area contributed by atoms with Crippen LogP contribution in [-0.4, -0.2) is 18.1 Å². The Bertz CT molecular complexity index is 418. The standard InChI is InChI=1S/C15H21N3/c1-3-13-7-8-18(11-14(13)4-2)15-6-5-12(9-16)10-17-15/h5-6,10,13-14H,3-4,7-8,11H2,1-2H3. The molecular formula is C15H21N3. The van der Waals surface area contributed by atoms with Gasteiger partial charge in [0.25, 0.3) is 0 Å². The third-order valence-electron chi connectivity index (χ3n) is 4.14. The fraction of sp³-hybridized carbons (Fsp3) is 0.600. The van der Waals surface area contributed by atoms with Crippen molar-refractivity contribution in [3.05, 3.63) is 23.9 Å². The molecule has 0 aromatic carbocycles. The predicted molar refractivity (Wildman–Crippen MR) is 73.3 cm³/mol. The second-order valence-electron chi connectivity index (χ2n) is 5.09. The molecule has 0 N–H and O–H groups in total. The number of anilines is 1. The van der Waals surface area contributed by atoms with Crippen LogP contribution in [0.1, 0.15) is 38.7 Å².